The number of aromatic nitrogens is 2. The second kappa shape index (κ2) is 8.07. The van der Waals surface area contributed by atoms with Crippen molar-refractivity contribution in [2.45, 2.75) is 19.3 Å². The van der Waals surface area contributed by atoms with Crippen LogP contribution in [-0.2, 0) is 0 Å². The van der Waals surface area contributed by atoms with E-state index in [1.807, 2.05) is 24.3 Å². The van der Waals surface area contributed by atoms with Gasteiger partial charge in [0.15, 0.2) is 11.5 Å². The first-order valence-electron chi connectivity index (χ1n) is 12.1. The molecule has 3 heterocycles. The van der Waals surface area contributed by atoms with Crippen LogP contribution in [0.15, 0.2) is 53.6 Å². The lowest BCUT2D eigenvalue weighted by Crippen LogP contribution is -2.36. The number of hydrogen-bond acceptors (Lipinski definition) is 4. The lowest BCUT2D eigenvalue weighted by Gasteiger charge is -2.27. The lowest BCUT2D eigenvalue weighted by atomic mass is 10.0. The zero-order valence-electron chi connectivity index (χ0n) is 20.7. The predicted molar refractivity (Wildman–Crippen MR) is 124 cm³/mol. The minimum Gasteiger partial charge on any atom is -0.493 e. The van der Waals surface area contributed by atoms with E-state index >= 15 is 0 Å². The number of ether oxygens (including phenoxy) is 2. The molecule has 4 aromatic rings. The molecule has 7 nitrogen and oxygen atoms in total. The number of carbonyl (C=O) groups excluding carboxylic acids is 1. The van der Waals surface area contributed by atoms with Gasteiger partial charge in [-0.1, -0.05) is 6.07 Å². The smallest absolute Gasteiger partial charge is 0.263 e. The summed E-state index contributed by atoms with van der Waals surface area (Å²) in [5, 5.41) is 1.39. The molecule has 0 atom stereocenters. The van der Waals surface area contributed by atoms with Crippen molar-refractivity contribution in [1.29, 1.82) is 0 Å². The van der Waals surface area contributed by atoms with E-state index in [2.05, 4.69) is 4.98 Å². The number of H-pyrrole nitrogens is 1. The van der Waals surface area contributed by atoms with Gasteiger partial charge >= 0.3 is 0 Å². The van der Waals surface area contributed by atoms with Crippen molar-refractivity contribution in [2.75, 3.05) is 27.2 Å². The SMILES string of the molecule is [2H]C([2H])([2H])Oc1cc2c(C(=O)N3CCCCC3)cn(-c3cccc4[nH]ccc34)c(=O)c2cc1OC. The van der Waals surface area contributed by atoms with Gasteiger partial charge in [0.25, 0.3) is 11.5 Å². The summed E-state index contributed by atoms with van der Waals surface area (Å²) >= 11 is 0. The van der Waals surface area contributed by atoms with Crippen molar-refractivity contribution in [1.82, 2.24) is 14.5 Å². The molecule has 7 heteroatoms. The van der Waals surface area contributed by atoms with Gasteiger partial charge in [0.2, 0.25) is 0 Å². The summed E-state index contributed by atoms with van der Waals surface area (Å²) in [4.78, 5) is 32.3. The fourth-order valence-electron chi connectivity index (χ4n) is 4.48. The molecule has 0 unspecified atom stereocenters. The van der Waals surface area contributed by atoms with Gasteiger partial charge in [-0.3, -0.25) is 14.2 Å². The van der Waals surface area contributed by atoms with Crippen LogP contribution in [0.1, 0.15) is 33.7 Å². The first kappa shape index (κ1) is 16.9. The number of methoxy groups -OCH3 is 2. The number of pyridine rings is 1. The summed E-state index contributed by atoms with van der Waals surface area (Å²) in [6.07, 6.45) is 6.23. The number of aromatic amines is 1. The van der Waals surface area contributed by atoms with Crippen LogP contribution in [-0.4, -0.2) is 47.6 Å². The highest BCUT2D eigenvalue weighted by molar-refractivity contribution is 6.07. The molecule has 0 spiro atoms. The third kappa shape index (κ3) is 3.21. The Morgan fingerprint density at radius 1 is 1.03 bits per heavy atom. The van der Waals surface area contributed by atoms with Crippen LogP contribution >= 0.6 is 0 Å². The molecule has 32 heavy (non-hydrogen) atoms. The molecule has 1 aliphatic heterocycles. The minimum absolute atomic E-state index is 0.0578. The van der Waals surface area contributed by atoms with Gasteiger partial charge in [0.1, 0.15) is 0 Å². The van der Waals surface area contributed by atoms with Crippen LogP contribution < -0.4 is 15.0 Å². The Kier molecular flexibility index (Phi) is 4.26. The third-order valence-electron chi connectivity index (χ3n) is 6.12. The number of fused-ring (bicyclic) bond motifs is 2. The Hall–Kier alpha value is -3.74. The van der Waals surface area contributed by atoms with E-state index in [0.29, 0.717) is 29.7 Å². The van der Waals surface area contributed by atoms with Crippen LogP contribution in [0, 0.1) is 0 Å². The van der Waals surface area contributed by atoms with Crippen molar-refractivity contribution in [2.24, 2.45) is 0 Å². The molecule has 0 bridgehead atoms. The Balaban J connectivity index is 1.80. The third-order valence-corrected chi connectivity index (χ3v) is 6.12. The highest BCUT2D eigenvalue weighted by Crippen LogP contribution is 2.33. The van der Waals surface area contributed by atoms with Crippen LogP contribution in [0.5, 0.6) is 11.5 Å². The Bertz CT molecular complexity index is 1480. The molecule has 1 aliphatic rings. The van der Waals surface area contributed by atoms with Gasteiger partial charge in [-0.05, 0) is 49.6 Å². The number of nitrogens with zero attached hydrogens (tertiary/aromatic N) is 2. The summed E-state index contributed by atoms with van der Waals surface area (Å²) in [6.45, 7) is 1.25. The van der Waals surface area contributed by atoms with E-state index in [1.165, 1.54) is 23.8 Å². The molecule has 0 radical (unpaired) electrons. The number of nitrogens with one attached hydrogen (secondary N) is 1. The van der Waals surface area contributed by atoms with E-state index in [-0.39, 0.29) is 28.4 Å². The average molecular weight is 435 g/mol. The summed E-state index contributed by atoms with van der Waals surface area (Å²) in [5.41, 5.74) is 1.43. The van der Waals surface area contributed by atoms with Crippen molar-refractivity contribution in [3.05, 3.63) is 64.7 Å². The van der Waals surface area contributed by atoms with Crippen LogP contribution in [0.2, 0.25) is 0 Å². The van der Waals surface area contributed by atoms with Crippen LogP contribution in [0.3, 0.4) is 0 Å². The fraction of sp³-hybridized carbons (Fsp3) is 0.280. The standard InChI is InChI=1S/C25H25N3O4/c1-31-22-13-17-18(14-23(22)32-2)25(30)28(21-8-6-7-20-16(21)9-10-26-20)15-19(17)24(29)27-11-4-3-5-12-27/h6-10,13-15,26H,3-5,11-12H2,1-2H3/i1D3. The topological polar surface area (TPSA) is 76.6 Å². The predicted octanol–water partition coefficient (Wildman–Crippen LogP) is 4.12. The van der Waals surface area contributed by atoms with E-state index in [4.69, 9.17) is 13.6 Å². The molecule has 2 aromatic carbocycles. The Labute approximate surface area is 189 Å². The zero-order valence-corrected chi connectivity index (χ0v) is 17.7. The van der Waals surface area contributed by atoms with Gasteiger partial charge in [0.05, 0.1) is 34.9 Å². The van der Waals surface area contributed by atoms with E-state index in [9.17, 15) is 9.59 Å². The second-order valence-corrected chi connectivity index (χ2v) is 7.94. The summed E-state index contributed by atoms with van der Waals surface area (Å²) in [6, 6.07) is 10.3. The second-order valence-electron chi connectivity index (χ2n) is 7.94. The number of piperidine rings is 1. The fourth-order valence-corrected chi connectivity index (χ4v) is 4.48. The molecular weight excluding hydrogens is 406 g/mol. The molecule has 5 rings (SSSR count). The van der Waals surface area contributed by atoms with Crippen molar-refractivity contribution in [3.63, 3.8) is 0 Å². The maximum absolute atomic E-state index is 13.7. The summed E-state index contributed by atoms with van der Waals surface area (Å²) in [7, 11) is -1.35. The van der Waals surface area contributed by atoms with E-state index in [0.717, 1.165) is 30.2 Å². The first-order chi connectivity index (χ1) is 16.8. The molecule has 1 saturated heterocycles. The van der Waals surface area contributed by atoms with Gasteiger partial charge in [-0.2, -0.15) is 0 Å². The van der Waals surface area contributed by atoms with E-state index < -0.39 is 7.04 Å². The molecule has 0 aliphatic carbocycles. The number of rotatable bonds is 4. The lowest BCUT2D eigenvalue weighted by molar-refractivity contribution is 0.0725. The average Bonchev–Trinajstić information content (AvgIpc) is 3.33. The summed E-state index contributed by atoms with van der Waals surface area (Å²) < 4.78 is 34.5. The van der Waals surface area contributed by atoms with Crippen molar-refractivity contribution >= 4 is 27.6 Å². The highest BCUT2D eigenvalue weighted by atomic mass is 16.5. The van der Waals surface area contributed by atoms with Gasteiger partial charge in [-0.15, -0.1) is 0 Å². The molecule has 1 fully saturated rings. The number of amides is 1. The molecule has 0 saturated carbocycles. The van der Waals surface area contributed by atoms with E-state index in [1.54, 1.807) is 17.3 Å². The quantitative estimate of drug-likeness (QED) is 0.524. The number of carbonyl (C=O) groups is 1. The molecule has 1 N–H and O–H groups in total. The Morgan fingerprint density at radius 2 is 1.81 bits per heavy atom. The largest absolute Gasteiger partial charge is 0.493 e. The van der Waals surface area contributed by atoms with Crippen molar-refractivity contribution < 1.29 is 18.4 Å². The minimum atomic E-state index is -2.73. The monoisotopic (exact) mass is 434 g/mol. The van der Waals surface area contributed by atoms with Gasteiger partial charge in [-0.25, -0.2) is 0 Å². The van der Waals surface area contributed by atoms with Crippen molar-refractivity contribution in [3.8, 4) is 17.2 Å². The number of benzene rings is 2. The van der Waals surface area contributed by atoms with Crippen LogP contribution in [0.25, 0.3) is 27.4 Å². The highest BCUT2D eigenvalue weighted by Gasteiger charge is 2.24. The maximum atomic E-state index is 13.7. The number of likely N-dealkylation sites (tertiary alicyclic amines) is 1. The molecular formula is C25H25N3O4. The first-order valence-corrected chi connectivity index (χ1v) is 10.6. The Morgan fingerprint density at radius 3 is 2.59 bits per heavy atom. The van der Waals surface area contributed by atoms with Gasteiger partial charge in [0, 0.05) is 41.8 Å². The maximum Gasteiger partial charge on any atom is 0.263 e. The van der Waals surface area contributed by atoms with Gasteiger partial charge < -0.3 is 19.4 Å². The van der Waals surface area contributed by atoms with Crippen LogP contribution in [0.4, 0.5) is 0 Å². The number of hydrogen-bond donors (Lipinski definition) is 1. The molecule has 164 valence electrons. The molecule has 2 aromatic heterocycles. The summed E-state index contributed by atoms with van der Waals surface area (Å²) in [5.74, 6) is -0.174. The normalized spacial score (nSPS) is 15.9. The molecule has 1 amide bonds. The zero-order chi connectivity index (χ0) is 24.7.